The molecular weight excluding hydrogens is 462 g/mol. The van der Waals surface area contributed by atoms with Gasteiger partial charge < -0.3 is 19.5 Å². The molecule has 8 heteroatoms. The Bertz CT molecular complexity index is 1100. The Morgan fingerprint density at radius 1 is 1.03 bits per heavy atom. The average Bonchev–Trinajstić information content (AvgIpc) is 3.18. The van der Waals surface area contributed by atoms with E-state index in [-0.39, 0.29) is 5.91 Å². The van der Waals surface area contributed by atoms with Crippen LogP contribution in [0.3, 0.4) is 0 Å². The third-order valence-corrected chi connectivity index (χ3v) is 5.86. The van der Waals surface area contributed by atoms with Gasteiger partial charge in [0.05, 0.1) is 27.0 Å². The molecule has 0 saturated heterocycles. The molecule has 0 radical (unpaired) electrons. The Balaban J connectivity index is 1.71. The van der Waals surface area contributed by atoms with Gasteiger partial charge in [0.1, 0.15) is 0 Å². The van der Waals surface area contributed by atoms with Crippen LogP contribution in [0.15, 0.2) is 40.9 Å². The Kier molecular flexibility index (Phi) is 6.18. The molecule has 1 N–H and O–H groups in total. The lowest BCUT2D eigenvalue weighted by atomic mass is 9.95. The number of carbonyl (C=O) groups is 1. The van der Waals surface area contributed by atoms with Gasteiger partial charge in [-0.25, -0.2) is 4.68 Å². The van der Waals surface area contributed by atoms with Crippen LogP contribution in [-0.2, 0) is 12.8 Å². The molecule has 1 aliphatic carbocycles. The standard InChI is InChI=1S/C23H24BrN3O4/c1-29-19-12-15(13-20(30-2)22(19)31-3)25-23(28)21-17-9-4-5-10-18(17)27(26-21)16-8-6-7-14(24)11-16/h6-8,11-13H,4-5,9-10H2,1-3H3,(H,25,28). The predicted molar refractivity (Wildman–Crippen MR) is 122 cm³/mol. The fraction of sp³-hybridized carbons (Fsp3) is 0.304. The number of anilines is 1. The second kappa shape index (κ2) is 9.01. The lowest BCUT2D eigenvalue weighted by Crippen LogP contribution is -2.16. The van der Waals surface area contributed by atoms with Crippen LogP contribution >= 0.6 is 15.9 Å². The smallest absolute Gasteiger partial charge is 0.276 e. The summed E-state index contributed by atoms with van der Waals surface area (Å²) in [6, 6.07) is 11.3. The molecule has 0 bridgehead atoms. The van der Waals surface area contributed by atoms with Crippen LogP contribution in [0.5, 0.6) is 17.2 Å². The molecule has 1 aromatic heterocycles. The van der Waals surface area contributed by atoms with Gasteiger partial charge in [-0.1, -0.05) is 22.0 Å². The normalized spacial score (nSPS) is 12.8. The van der Waals surface area contributed by atoms with Crippen LogP contribution in [0.2, 0.25) is 0 Å². The van der Waals surface area contributed by atoms with Gasteiger partial charge in [0.15, 0.2) is 17.2 Å². The van der Waals surface area contributed by atoms with Crippen molar-refractivity contribution in [1.82, 2.24) is 9.78 Å². The summed E-state index contributed by atoms with van der Waals surface area (Å²) in [6.45, 7) is 0. The van der Waals surface area contributed by atoms with Crippen molar-refractivity contribution in [2.24, 2.45) is 0 Å². The summed E-state index contributed by atoms with van der Waals surface area (Å²) in [5.41, 5.74) is 4.03. The van der Waals surface area contributed by atoms with Crippen molar-refractivity contribution in [3.63, 3.8) is 0 Å². The highest BCUT2D eigenvalue weighted by atomic mass is 79.9. The summed E-state index contributed by atoms with van der Waals surface area (Å²) in [5.74, 6) is 1.15. The van der Waals surface area contributed by atoms with E-state index in [1.807, 2.05) is 28.9 Å². The summed E-state index contributed by atoms with van der Waals surface area (Å²) in [6.07, 6.45) is 3.86. The molecule has 0 aliphatic heterocycles. The Morgan fingerprint density at radius 2 is 1.74 bits per heavy atom. The number of benzene rings is 2. The SMILES string of the molecule is COc1cc(NC(=O)c2nn(-c3cccc(Br)c3)c3c2CCCC3)cc(OC)c1OC. The van der Waals surface area contributed by atoms with E-state index in [2.05, 4.69) is 21.2 Å². The highest BCUT2D eigenvalue weighted by Crippen LogP contribution is 2.40. The van der Waals surface area contributed by atoms with E-state index >= 15 is 0 Å². The van der Waals surface area contributed by atoms with Gasteiger partial charge in [-0.2, -0.15) is 5.10 Å². The summed E-state index contributed by atoms with van der Waals surface area (Å²) >= 11 is 3.52. The van der Waals surface area contributed by atoms with Crippen LogP contribution < -0.4 is 19.5 Å². The van der Waals surface area contributed by atoms with Crippen molar-refractivity contribution in [2.75, 3.05) is 26.6 Å². The van der Waals surface area contributed by atoms with Gasteiger partial charge in [-0.3, -0.25) is 4.79 Å². The molecule has 0 spiro atoms. The fourth-order valence-electron chi connectivity index (χ4n) is 3.95. The second-order valence-corrected chi connectivity index (χ2v) is 8.16. The Morgan fingerprint density at radius 3 is 2.39 bits per heavy atom. The van der Waals surface area contributed by atoms with Gasteiger partial charge in [-0.05, 0) is 43.9 Å². The number of halogens is 1. The maximum Gasteiger partial charge on any atom is 0.276 e. The van der Waals surface area contributed by atoms with E-state index < -0.39 is 0 Å². The van der Waals surface area contributed by atoms with Crippen molar-refractivity contribution < 1.29 is 19.0 Å². The first-order chi connectivity index (χ1) is 15.0. The maximum atomic E-state index is 13.2. The highest BCUT2D eigenvalue weighted by Gasteiger charge is 2.26. The number of rotatable bonds is 6. The number of nitrogens with one attached hydrogen (secondary N) is 1. The molecule has 31 heavy (non-hydrogen) atoms. The molecule has 1 aliphatic rings. The molecule has 0 fully saturated rings. The first kappa shape index (κ1) is 21.2. The fourth-order valence-corrected chi connectivity index (χ4v) is 4.33. The van der Waals surface area contributed by atoms with Crippen molar-refractivity contribution in [1.29, 1.82) is 0 Å². The zero-order valence-corrected chi connectivity index (χ0v) is 19.3. The number of amides is 1. The first-order valence-corrected chi connectivity index (χ1v) is 10.8. The molecule has 7 nitrogen and oxygen atoms in total. The lowest BCUT2D eigenvalue weighted by Gasteiger charge is -2.15. The number of methoxy groups -OCH3 is 3. The summed E-state index contributed by atoms with van der Waals surface area (Å²) in [4.78, 5) is 13.2. The zero-order valence-electron chi connectivity index (χ0n) is 17.7. The molecule has 1 amide bonds. The highest BCUT2D eigenvalue weighted by molar-refractivity contribution is 9.10. The molecule has 2 aromatic carbocycles. The quantitative estimate of drug-likeness (QED) is 0.543. The van der Waals surface area contributed by atoms with E-state index in [1.165, 1.54) is 0 Å². The largest absolute Gasteiger partial charge is 0.493 e. The number of fused-ring (bicyclic) bond motifs is 1. The van der Waals surface area contributed by atoms with Gasteiger partial charge in [0.25, 0.3) is 5.91 Å². The summed E-state index contributed by atoms with van der Waals surface area (Å²) in [5, 5.41) is 7.66. The van der Waals surface area contributed by atoms with Crippen LogP contribution in [0, 0.1) is 0 Å². The number of aromatic nitrogens is 2. The average molecular weight is 486 g/mol. The lowest BCUT2D eigenvalue weighted by molar-refractivity contribution is 0.102. The molecular formula is C23H24BrN3O4. The topological polar surface area (TPSA) is 74.6 Å². The molecule has 4 rings (SSSR count). The molecule has 162 valence electrons. The Labute approximate surface area is 189 Å². The van der Waals surface area contributed by atoms with E-state index in [4.69, 9.17) is 19.3 Å². The maximum absolute atomic E-state index is 13.2. The van der Waals surface area contributed by atoms with Gasteiger partial charge in [0.2, 0.25) is 5.75 Å². The number of carbonyl (C=O) groups excluding carboxylic acids is 1. The first-order valence-electron chi connectivity index (χ1n) is 10.0. The van der Waals surface area contributed by atoms with E-state index in [0.717, 1.165) is 47.1 Å². The third kappa shape index (κ3) is 4.12. The monoisotopic (exact) mass is 485 g/mol. The van der Waals surface area contributed by atoms with Crippen LogP contribution in [0.1, 0.15) is 34.6 Å². The van der Waals surface area contributed by atoms with E-state index in [9.17, 15) is 4.79 Å². The number of hydrogen-bond donors (Lipinski definition) is 1. The van der Waals surface area contributed by atoms with Crippen molar-refractivity contribution >= 4 is 27.5 Å². The minimum absolute atomic E-state index is 0.263. The van der Waals surface area contributed by atoms with Crippen molar-refractivity contribution in [3.8, 4) is 22.9 Å². The van der Waals surface area contributed by atoms with Gasteiger partial charge in [-0.15, -0.1) is 0 Å². The molecule has 0 atom stereocenters. The summed E-state index contributed by atoms with van der Waals surface area (Å²) < 4.78 is 19.0. The molecule has 1 heterocycles. The third-order valence-electron chi connectivity index (χ3n) is 5.37. The molecule has 3 aromatic rings. The van der Waals surface area contributed by atoms with Gasteiger partial charge in [0, 0.05) is 33.6 Å². The van der Waals surface area contributed by atoms with Gasteiger partial charge >= 0.3 is 0 Å². The minimum atomic E-state index is -0.263. The molecule has 0 saturated carbocycles. The summed E-state index contributed by atoms with van der Waals surface area (Å²) in [7, 11) is 4.62. The van der Waals surface area contributed by atoms with Crippen LogP contribution in [0.25, 0.3) is 5.69 Å². The van der Waals surface area contributed by atoms with Crippen LogP contribution in [-0.4, -0.2) is 37.0 Å². The van der Waals surface area contributed by atoms with Crippen molar-refractivity contribution in [3.05, 3.63) is 57.8 Å². The van der Waals surface area contributed by atoms with Crippen molar-refractivity contribution in [2.45, 2.75) is 25.7 Å². The Hall–Kier alpha value is -3.00. The molecule has 0 unspecified atom stereocenters. The zero-order chi connectivity index (χ0) is 22.0. The van der Waals surface area contributed by atoms with E-state index in [0.29, 0.717) is 28.6 Å². The second-order valence-electron chi connectivity index (χ2n) is 7.24. The predicted octanol–water partition coefficient (Wildman–Crippen LogP) is 4.79. The van der Waals surface area contributed by atoms with Crippen LogP contribution in [0.4, 0.5) is 5.69 Å². The number of ether oxygens (including phenoxy) is 3. The number of hydrogen-bond acceptors (Lipinski definition) is 5. The number of nitrogens with zero attached hydrogens (tertiary/aromatic N) is 2. The minimum Gasteiger partial charge on any atom is -0.493 e. The van der Waals surface area contributed by atoms with E-state index in [1.54, 1.807) is 33.5 Å².